The van der Waals surface area contributed by atoms with Crippen LogP contribution in [-0.4, -0.2) is 66.6 Å². The number of carbonyl (C=O) groups is 3. The number of nitrogens with zero attached hydrogens (tertiary/aromatic N) is 2. The van der Waals surface area contributed by atoms with Crippen molar-refractivity contribution in [3.63, 3.8) is 0 Å². The molecule has 0 radical (unpaired) electrons. The Bertz CT molecular complexity index is 1590. The van der Waals surface area contributed by atoms with Gasteiger partial charge < -0.3 is 29.7 Å². The second-order valence-electron chi connectivity index (χ2n) is 9.53. The van der Waals surface area contributed by atoms with Gasteiger partial charge in [0.15, 0.2) is 18.1 Å². The Balaban J connectivity index is 1.31. The van der Waals surface area contributed by atoms with Crippen LogP contribution in [0.1, 0.15) is 26.3 Å². The third-order valence-corrected chi connectivity index (χ3v) is 7.82. The average Bonchev–Trinajstić information content (AvgIpc) is 3.62. The first-order valence-corrected chi connectivity index (χ1v) is 13.6. The van der Waals surface area contributed by atoms with Gasteiger partial charge in [0.2, 0.25) is 0 Å². The number of thiazole rings is 1. The molecule has 11 heteroatoms. The van der Waals surface area contributed by atoms with Crippen LogP contribution in [0, 0.1) is 0 Å². The highest BCUT2D eigenvalue weighted by Crippen LogP contribution is 2.29. The van der Waals surface area contributed by atoms with Crippen molar-refractivity contribution in [2.45, 2.75) is 18.7 Å². The van der Waals surface area contributed by atoms with Crippen molar-refractivity contribution in [2.24, 2.45) is 0 Å². The highest BCUT2D eigenvalue weighted by atomic mass is 32.1. The number of amides is 3. The number of aromatic nitrogens is 1. The fourth-order valence-electron chi connectivity index (χ4n) is 4.86. The summed E-state index contributed by atoms with van der Waals surface area (Å²) in [5.74, 6) is 0.441. The molecule has 3 aliphatic heterocycles. The molecule has 204 valence electrons. The number of fused-ring (bicyclic) bond motifs is 8. The van der Waals surface area contributed by atoms with Crippen LogP contribution in [0.4, 0.5) is 0 Å². The van der Waals surface area contributed by atoms with Gasteiger partial charge in [0.1, 0.15) is 11.9 Å². The molecule has 0 spiro atoms. The molecule has 0 saturated carbocycles. The smallest absolute Gasteiger partial charge is 0.258 e. The van der Waals surface area contributed by atoms with Crippen molar-refractivity contribution in [1.29, 1.82) is 0 Å². The topological polar surface area (TPSA) is 119 Å². The Morgan fingerprint density at radius 1 is 1.10 bits per heavy atom. The highest BCUT2D eigenvalue weighted by Gasteiger charge is 2.39. The molecule has 40 heavy (non-hydrogen) atoms. The van der Waals surface area contributed by atoms with Crippen LogP contribution < -0.4 is 24.8 Å². The molecule has 1 saturated heterocycles. The van der Waals surface area contributed by atoms with E-state index in [0.717, 1.165) is 15.8 Å². The van der Waals surface area contributed by atoms with E-state index in [1.54, 1.807) is 28.6 Å². The zero-order chi connectivity index (χ0) is 27.6. The summed E-state index contributed by atoms with van der Waals surface area (Å²) in [5, 5.41) is 5.86. The SMILES string of the molecule is COc1ccc2cc1OCC(=O)NCc1ccc(cc1)O[C@H]1CN(C(=O)c3cccc4ncsc34)C[C@@H]1NC2=O. The van der Waals surface area contributed by atoms with E-state index in [1.165, 1.54) is 24.5 Å². The van der Waals surface area contributed by atoms with E-state index < -0.39 is 12.1 Å². The number of carbonyl (C=O) groups excluding carboxylic acids is 3. The van der Waals surface area contributed by atoms with Gasteiger partial charge in [-0.15, -0.1) is 11.3 Å². The summed E-state index contributed by atoms with van der Waals surface area (Å²) >= 11 is 1.42. The largest absolute Gasteiger partial charge is 0.493 e. The molecule has 4 bridgehead atoms. The molecule has 10 nitrogen and oxygen atoms in total. The standard InChI is InChI=1S/C29H26N4O6S/c1-37-23-10-7-18-11-24(23)38-15-26(34)30-12-17-5-8-19(9-6-17)39-25-14-33(13-22(25)32-28(18)35)29(36)20-3-2-4-21-27(20)40-16-31-21/h2-11,16,22,25H,12-15H2,1H3,(H,30,34)(H,32,35)/t22-,25-/m0/s1. The summed E-state index contributed by atoms with van der Waals surface area (Å²) in [6, 6.07) is 17.1. The van der Waals surface area contributed by atoms with Crippen molar-refractivity contribution in [1.82, 2.24) is 20.5 Å². The molecule has 3 amide bonds. The Labute approximate surface area is 233 Å². The highest BCUT2D eigenvalue weighted by molar-refractivity contribution is 7.17. The van der Waals surface area contributed by atoms with Crippen molar-refractivity contribution >= 4 is 39.3 Å². The first-order chi connectivity index (χ1) is 19.5. The minimum atomic E-state index is -0.497. The van der Waals surface area contributed by atoms with Crippen molar-refractivity contribution in [3.8, 4) is 17.2 Å². The van der Waals surface area contributed by atoms with Gasteiger partial charge >= 0.3 is 0 Å². The van der Waals surface area contributed by atoms with E-state index in [9.17, 15) is 14.4 Å². The summed E-state index contributed by atoms with van der Waals surface area (Å²) in [7, 11) is 1.49. The first-order valence-electron chi connectivity index (χ1n) is 12.7. The maximum atomic E-state index is 13.6. The summed E-state index contributed by atoms with van der Waals surface area (Å²) < 4.78 is 18.2. The Kier molecular flexibility index (Phi) is 6.95. The molecule has 0 unspecified atom stereocenters. The summed E-state index contributed by atoms with van der Waals surface area (Å²) in [6.45, 7) is 0.627. The molecule has 4 aromatic rings. The van der Waals surface area contributed by atoms with Gasteiger partial charge in [-0.25, -0.2) is 4.98 Å². The van der Waals surface area contributed by atoms with E-state index in [-0.39, 0.29) is 43.2 Å². The van der Waals surface area contributed by atoms with E-state index in [2.05, 4.69) is 15.6 Å². The molecule has 0 aliphatic carbocycles. The number of hydrogen-bond donors (Lipinski definition) is 2. The normalized spacial score (nSPS) is 19.2. The lowest BCUT2D eigenvalue weighted by Crippen LogP contribution is -2.45. The molecular formula is C29H26N4O6S. The fraction of sp³-hybridized carbons (Fsp3) is 0.241. The molecule has 3 aromatic carbocycles. The van der Waals surface area contributed by atoms with Crippen LogP contribution in [0.3, 0.4) is 0 Å². The fourth-order valence-corrected chi connectivity index (χ4v) is 5.66. The minimum absolute atomic E-state index is 0.145. The summed E-state index contributed by atoms with van der Waals surface area (Å²) in [4.78, 5) is 45.4. The lowest BCUT2D eigenvalue weighted by atomic mass is 10.1. The molecule has 1 fully saturated rings. The van der Waals surface area contributed by atoms with Crippen LogP contribution >= 0.6 is 11.3 Å². The number of rotatable bonds is 2. The molecule has 2 atom stereocenters. The van der Waals surface area contributed by atoms with Gasteiger partial charge in [0, 0.05) is 18.7 Å². The van der Waals surface area contributed by atoms with Crippen LogP contribution in [-0.2, 0) is 11.3 Å². The van der Waals surface area contributed by atoms with Crippen molar-refractivity contribution in [2.75, 3.05) is 26.8 Å². The molecule has 2 N–H and O–H groups in total. The maximum Gasteiger partial charge on any atom is 0.258 e. The van der Waals surface area contributed by atoms with Crippen molar-refractivity contribution < 1.29 is 28.6 Å². The number of ether oxygens (including phenoxy) is 3. The van der Waals surface area contributed by atoms with Crippen molar-refractivity contribution in [3.05, 3.63) is 82.9 Å². The molecule has 3 aliphatic rings. The number of nitrogens with one attached hydrogen (secondary N) is 2. The van der Waals surface area contributed by atoms with Gasteiger partial charge in [0.25, 0.3) is 17.7 Å². The maximum absolute atomic E-state index is 13.6. The third-order valence-electron chi connectivity index (χ3n) is 6.94. The Morgan fingerprint density at radius 2 is 1.95 bits per heavy atom. The number of hydrogen-bond acceptors (Lipinski definition) is 8. The monoisotopic (exact) mass is 558 g/mol. The number of benzene rings is 3. The van der Waals surface area contributed by atoms with E-state index in [0.29, 0.717) is 29.2 Å². The lowest BCUT2D eigenvalue weighted by Gasteiger charge is -2.21. The number of likely N-dealkylation sites (tertiary alicyclic amines) is 1. The summed E-state index contributed by atoms with van der Waals surface area (Å²) in [6.07, 6.45) is -0.497. The van der Waals surface area contributed by atoms with Crippen LogP contribution in [0.15, 0.2) is 66.2 Å². The van der Waals surface area contributed by atoms with Gasteiger partial charge in [-0.3, -0.25) is 14.4 Å². The molecule has 4 heterocycles. The zero-order valence-electron chi connectivity index (χ0n) is 21.6. The second-order valence-corrected chi connectivity index (χ2v) is 10.4. The minimum Gasteiger partial charge on any atom is -0.493 e. The van der Waals surface area contributed by atoms with Gasteiger partial charge in [-0.05, 0) is 48.0 Å². The predicted octanol–water partition coefficient (Wildman–Crippen LogP) is 3.02. The van der Waals surface area contributed by atoms with Crippen LogP contribution in [0.5, 0.6) is 17.2 Å². The molecular weight excluding hydrogens is 532 g/mol. The van der Waals surface area contributed by atoms with E-state index >= 15 is 0 Å². The quantitative estimate of drug-likeness (QED) is 0.388. The molecule has 7 rings (SSSR count). The zero-order valence-corrected chi connectivity index (χ0v) is 22.4. The molecule has 1 aromatic heterocycles. The predicted molar refractivity (Wildman–Crippen MR) is 148 cm³/mol. The van der Waals surface area contributed by atoms with Crippen LogP contribution in [0.25, 0.3) is 10.2 Å². The average molecular weight is 559 g/mol. The first kappa shape index (κ1) is 25.6. The van der Waals surface area contributed by atoms with E-state index in [4.69, 9.17) is 14.2 Å². The van der Waals surface area contributed by atoms with Gasteiger partial charge in [0.05, 0.1) is 41.0 Å². The Morgan fingerprint density at radius 3 is 2.77 bits per heavy atom. The van der Waals surface area contributed by atoms with E-state index in [1.807, 2.05) is 36.4 Å². The number of methoxy groups -OCH3 is 1. The second kappa shape index (κ2) is 10.9. The third kappa shape index (κ3) is 5.15. The van der Waals surface area contributed by atoms with Crippen LogP contribution in [0.2, 0.25) is 0 Å². The van der Waals surface area contributed by atoms with Gasteiger partial charge in [-0.1, -0.05) is 18.2 Å². The van der Waals surface area contributed by atoms with Gasteiger partial charge in [-0.2, -0.15) is 0 Å². The lowest BCUT2D eigenvalue weighted by molar-refractivity contribution is -0.123. The summed E-state index contributed by atoms with van der Waals surface area (Å²) in [5.41, 5.74) is 4.28. The Hall–Kier alpha value is -4.64.